The monoisotopic (exact) mass is 318 g/mol. The van der Waals surface area contributed by atoms with E-state index >= 15 is 0 Å². The van der Waals surface area contributed by atoms with E-state index in [4.69, 9.17) is 0 Å². The molecule has 0 spiro atoms. The molecule has 1 N–H and O–H groups in total. The maximum Gasteiger partial charge on any atom is 0.350 e. The minimum absolute atomic E-state index is 0.0631. The van der Waals surface area contributed by atoms with Crippen molar-refractivity contribution < 1.29 is 14.7 Å². The molecule has 0 radical (unpaired) electrons. The van der Waals surface area contributed by atoms with Gasteiger partial charge < -0.3 is 10.0 Å². The Morgan fingerprint density at radius 1 is 1.30 bits per heavy atom. The summed E-state index contributed by atoms with van der Waals surface area (Å²) in [4.78, 5) is 37.1. The van der Waals surface area contributed by atoms with Gasteiger partial charge in [-0.3, -0.25) is 9.20 Å². The normalized spacial score (nSPS) is 18.3. The lowest BCUT2D eigenvalue weighted by atomic mass is 10.0. The van der Waals surface area contributed by atoms with Crippen molar-refractivity contribution in [1.29, 1.82) is 0 Å². The first kappa shape index (κ1) is 15.3. The second-order valence-electron chi connectivity index (χ2n) is 5.62. The smallest absolute Gasteiger partial charge is 0.350 e. The maximum absolute atomic E-state index is 12.3. The largest absolute Gasteiger partial charge is 0.480 e. The molecule has 23 heavy (non-hydrogen) atoms. The van der Waals surface area contributed by atoms with Gasteiger partial charge in [-0.05, 0) is 31.4 Å². The molecule has 2 aromatic rings. The van der Waals surface area contributed by atoms with Crippen molar-refractivity contribution in [2.45, 2.75) is 38.3 Å². The number of likely N-dealkylation sites (tertiary alicyclic amines) is 1. The number of rotatable bonds is 4. The van der Waals surface area contributed by atoms with Gasteiger partial charge in [0.25, 0.3) is 0 Å². The van der Waals surface area contributed by atoms with Gasteiger partial charge in [0.2, 0.25) is 5.91 Å². The molecular formula is C15H18N4O4. The third-order valence-corrected chi connectivity index (χ3v) is 4.13. The van der Waals surface area contributed by atoms with Gasteiger partial charge in [0, 0.05) is 19.2 Å². The highest BCUT2D eigenvalue weighted by Gasteiger charge is 2.31. The van der Waals surface area contributed by atoms with Gasteiger partial charge >= 0.3 is 11.7 Å². The Balaban J connectivity index is 1.71. The van der Waals surface area contributed by atoms with Crippen molar-refractivity contribution >= 4 is 17.5 Å². The highest BCUT2D eigenvalue weighted by atomic mass is 16.4. The van der Waals surface area contributed by atoms with Crippen LogP contribution in [0.3, 0.4) is 0 Å². The van der Waals surface area contributed by atoms with E-state index in [1.807, 2.05) is 0 Å². The van der Waals surface area contributed by atoms with Crippen molar-refractivity contribution in [3.8, 4) is 0 Å². The topological polar surface area (TPSA) is 96.9 Å². The summed E-state index contributed by atoms with van der Waals surface area (Å²) < 4.78 is 2.65. The van der Waals surface area contributed by atoms with Crippen molar-refractivity contribution in [2.24, 2.45) is 0 Å². The van der Waals surface area contributed by atoms with Crippen LogP contribution in [0.2, 0.25) is 0 Å². The Kier molecular flexibility index (Phi) is 4.14. The van der Waals surface area contributed by atoms with E-state index in [0.29, 0.717) is 18.6 Å². The molecule has 0 aliphatic carbocycles. The lowest BCUT2D eigenvalue weighted by molar-refractivity contribution is -0.152. The number of fused-ring (bicyclic) bond motifs is 1. The molecule has 8 heteroatoms. The predicted octanol–water partition coefficient (Wildman–Crippen LogP) is 0.352. The Morgan fingerprint density at radius 3 is 2.87 bits per heavy atom. The molecule has 0 saturated carbocycles. The first-order valence-corrected chi connectivity index (χ1v) is 7.64. The second-order valence-corrected chi connectivity index (χ2v) is 5.62. The number of carbonyl (C=O) groups is 2. The van der Waals surface area contributed by atoms with Crippen molar-refractivity contribution in [1.82, 2.24) is 19.1 Å². The first-order valence-electron chi connectivity index (χ1n) is 7.64. The van der Waals surface area contributed by atoms with E-state index < -0.39 is 12.0 Å². The zero-order chi connectivity index (χ0) is 16.4. The summed E-state index contributed by atoms with van der Waals surface area (Å²) in [5, 5.41) is 13.4. The summed E-state index contributed by atoms with van der Waals surface area (Å²) in [6.45, 7) is 0.595. The molecule has 2 aromatic heterocycles. The standard InChI is InChI=1S/C15H18N4O4/c20-13(17-8-3-1-5-11(17)14(21)22)7-10-19-15(23)18-9-4-2-6-12(18)16-19/h2,4,6,9,11H,1,3,5,7-8,10H2,(H,21,22). The lowest BCUT2D eigenvalue weighted by Gasteiger charge is -2.33. The average Bonchev–Trinajstić information content (AvgIpc) is 2.89. The van der Waals surface area contributed by atoms with Crippen LogP contribution in [0, 0.1) is 0 Å². The Morgan fingerprint density at radius 2 is 2.13 bits per heavy atom. The molecule has 1 saturated heterocycles. The number of amides is 1. The number of hydrogen-bond acceptors (Lipinski definition) is 4. The van der Waals surface area contributed by atoms with Gasteiger partial charge in [0.05, 0.1) is 6.54 Å². The number of hydrogen-bond donors (Lipinski definition) is 1. The Labute approximate surface area is 131 Å². The maximum atomic E-state index is 12.3. The third-order valence-electron chi connectivity index (χ3n) is 4.13. The van der Waals surface area contributed by atoms with Crippen LogP contribution in [0.25, 0.3) is 5.65 Å². The van der Waals surface area contributed by atoms with Crippen LogP contribution in [0.1, 0.15) is 25.7 Å². The molecule has 1 aliphatic rings. The molecule has 1 fully saturated rings. The fourth-order valence-corrected chi connectivity index (χ4v) is 2.95. The van der Waals surface area contributed by atoms with Crippen molar-refractivity contribution in [3.05, 3.63) is 34.9 Å². The van der Waals surface area contributed by atoms with Crippen LogP contribution in [0.5, 0.6) is 0 Å². The summed E-state index contributed by atoms with van der Waals surface area (Å²) in [6.07, 6.45) is 3.79. The zero-order valence-electron chi connectivity index (χ0n) is 12.6. The quantitative estimate of drug-likeness (QED) is 0.877. The van der Waals surface area contributed by atoms with E-state index in [2.05, 4.69) is 5.10 Å². The van der Waals surface area contributed by atoms with Gasteiger partial charge in [0.15, 0.2) is 5.65 Å². The molecule has 1 unspecified atom stereocenters. The average molecular weight is 318 g/mol. The van der Waals surface area contributed by atoms with Crippen LogP contribution in [-0.4, -0.2) is 48.7 Å². The van der Waals surface area contributed by atoms with Crippen LogP contribution in [-0.2, 0) is 16.1 Å². The van der Waals surface area contributed by atoms with Crippen LogP contribution in [0.15, 0.2) is 29.2 Å². The molecule has 0 aromatic carbocycles. The van der Waals surface area contributed by atoms with E-state index in [-0.39, 0.29) is 24.6 Å². The summed E-state index contributed by atoms with van der Waals surface area (Å²) in [5.41, 5.74) is 0.216. The molecule has 0 bridgehead atoms. The lowest BCUT2D eigenvalue weighted by Crippen LogP contribution is -2.48. The van der Waals surface area contributed by atoms with Crippen LogP contribution >= 0.6 is 0 Å². The van der Waals surface area contributed by atoms with E-state index in [0.717, 1.165) is 12.8 Å². The fraction of sp³-hybridized carbons (Fsp3) is 0.467. The molecule has 1 atom stereocenters. The van der Waals surface area contributed by atoms with Gasteiger partial charge in [0.1, 0.15) is 6.04 Å². The van der Waals surface area contributed by atoms with E-state index in [1.165, 1.54) is 14.0 Å². The predicted molar refractivity (Wildman–Crippen MR) is 81.1 cm³/mol. The third kappa shape index (κ3) is 2.96. The number of aromatic nitrogens is 3. The summed E-state index contributed by atoms with van der Waals surface area (Å²) >= 11 is 0. The molecule has 3 heterocycles. The van der Waals surface area contributed by atoms with Gasteiger partial charge in [-0.1, -0.05) is 6.07 Å². The number of carboxylic acids is 1. The number of carbonyl (C=O) groups excluding carboxylic acids is 1. The SMILES string of the molecule is O=C(O)C1CCCCN1C(=O)CCn1nc2ccccn2c1=O. The minimum atomic E-state index is -0.969. The van der Waals surface area contributed by atoms with Gasteiger partial charge in [-0.2, -0.15) is 0 Å². The highest BCUT2D eigenvalue weighted by Crippen LogP contribution is 2.18. The molecular weight excluding hydrogens is 300 g/mol. The Hall–Kier alpha value is -2.64. The van der Waals surface area contributed by atoms with Crippen LogP contribution < -0.4 is 5.69 Å². The first-order chi connectivity index (χ1) is 11.1. The number of pyridine rings is 1. The fourth-order valence-electron chi connectivity index (χ4n) is 2.95. The van der Waals surface area contributed by atoms with E-state index in [1.54, 1.807) is 24.4 Å². The summed E-state index contributed by atoms with van der Waals surface area (Å²) in [5.74, 6) is -1.22. The van der Waals surface area contributed by atoms with Crippen molar-refractivity contribution in [2.75, 3.05) is 6.54 Å². The zero-order valence-corrected chi connectivity index (χ0v) is 12.6. The minimum Gasteiger partial charge on any atom is -0.480 e. The summed E-state index contributed by atoms with van der Waals surface area (Å²) in [6, 6.07) is 4.47. The van der Waals surface area contributed by atoms with Gasteiger partial charge in [-0.15, -0.1) is 5.10 Å². The molecule has 122 valence electrons. The van der Waals surface area contributed by atoms with Crippen LogP contribution in [0.4, 0.5) is 0 Å². The second kappa shape index (κ2) is 6.23. The number of aryl methyl sites for hydroxylation is 1. The number of aliphatic carboxylic acids is 1. The summed E-state index contributed by atoms with van der Waals surface area (Å²) in [7, 11) is 0. The molecule has 3 rings (SSSR count). The molecule has 1 aliphatic heterocycles. The van der Waals surface area contributed by atoms with Gasteiger partial charge in [-0.25, -0.2) is 14.3 Å². The van der Waals surface area contributed by atoms with Crippen molar-refractivity contribution in [3.63, 3.8) is 0 Å². The molecule has 1 amide bonds. The van der Waals surface area contributed by atoms with E-state index in [9.17, 15) is 19.5 Å². The Bertz CT molecular complexity index is 794. The number of carboxylic acid groups (broad SMARTS) is 1. The highest BCUT2D eigenvalue weighted by molar-refractivity contribution is 5.83. The number of nitrogens with zero attached hydrogens (tertiary/aromatic N) is 4. The number of piperidine rings is 1. The molecule has 8 nitrogen and oxygen atoms in total.